The Balaban J connectivity index is 2.22. The maximum atomic E-state index is 9.44. The molecular weight excluding hydrogens is 194 g/mol. The number of phenolic OH excluding ortho intramolecular Hbond substituents is 1. The minimum atomic E-state index is 0.0642. The van der Waals surface area contributed by atoms with E-state index in [-0.39, 0.29) is 11.7 Å². The monoisotopic (exact) mass is 203 g/mol. The summed E-state index contributed by atoms with van der Waals surface area (Å²) in [7, 11) is 0. The molecule has 0 fully saturated rings. The fraction of sp³-hybridized carbons (Fsp3) is 0. The Kier molecular flexibility index (Phi) is 2.37. The van der Waals surface area contributed by atoms with Gasteiger partial charge in [-0.05, 0) is 12.1 Å². The molecule has 0 saturated heterocycles. The van der Waals surface area contributed by atoms with E-state index in [0.29, 0.717) is 11.5 Å². The summed E-state index contributed by atoms with van der Waals surface area (Å²) in [5.41, 5.74) is 5.32. The zero-order valence-electron chi connectivity index (χ0n) is 7.79. The quantitative estimate of drug-likeness (QED) is 0.773. The summed E-state index contributed by atoms with van der Waals surface area (Å²) in [5.74, 6) is 1.02. The van der Waals surface area contributed by atoms with E-state index in [0.717, 1.165) is 0 Å². The van der Waals surface area contributed by atoms with E-state index >= 15 is 0 Å². The molecule has 0 spiro atoms. The molecule has 0 unspecified atom stereocenters. The number of para-hydroxylation sites is 2. The highest BCUT2D eigenvalue weighted by atomic mass is 16.5. The first kappa shape index (κ1) is 9.26. The first-order valence-electron chi connectivity index (χ1n) is 4.29. The van der Waals surface area contributed by atoms with Gasteiger partial charge < -0.3 is 15.6 Å². The predicted molar refractivity (Wildman–Crippen MR) is 54.6 cm³/mol. The molecule has 5 heteroatoms. The van der Waals surface area contributed by atoms with Gasteiger partial charge in [-0.25, -0.2) is 9.97 Å². The van der Waals surface area contributed by atoms with Crippen molar-refractivity contribution in [2.75, 3.05) is 5.73 Å². The van der Waals surface area contributed by atoms with Gasteiger partial charge in [-0.2, -0.15) is 0 Å². The lowest BCUT2D eigenvalue weighted by atomic mass is 10.3. The third-order valence-electron chi connectivity index (χ3n) is 1.74. The highest BCUT2D eigenvalue weighted by Crippen LogP contribution is 2.28. The van der Waals surface area contributed by atoms with Gasteiger partial charge in [0.1, 0.15) is 0 Å². The molecule has 0 aliphatic heterocycles. The Hall–Kier alpha value is -2.30. The van der Waals surface area contributed by atoms with Gasteiger partial charge in [0.15, 0.2) is 17.2 Å². The van der Waals surface area contributed by atoms with E-state index in [1.54, 1.807) is 18.2 Å². The number of aromatic hydroxyl groups is 1. The van der Waals surface area contributed by atoms with E-state index in [4.69, 9.17) is 10.5 Å². The topological polar surface area (TPSA) is 81.3 Å². The third kappa shape index (κ3) is 2.14. The Bertz CT molecular complexity index is 456. The molecule has 0 aliphatic rings. The molecular formula is C10H9N3O2. The average Bonchev–Trinajstić information content (AvgIpc) is 2.25. The van der Waals surface area contributed by atoms with Gasteiger partial charge in [0.25, 0.3) is 0 Å². The molecule has 76 valence electrons. The van der Waals surface area contributed by atoms with Crippen LogP contribution >= 0.6 is 0 Å². The Labute approximate surface area is 86.2 Å². The molecule has 0 atom stereocenters. The highest BCUT2D eigenvalue weighted by molar-refractivity contribution is 5.40. The van der Waals surface area contributed by atoms with Crippen molar-refractivity contribution in [2.24, 2.45) is 0 Å². The van der Waals surface area contributed by atoms with Crippen LogP contribution in [0.4, 0.5) is 5.95 Å². The molecule has 3 N–H and O–H groups in total. The summed E-state index contributed by atoms with van der Waals surface area (Å²) in [6.45, 7) is 0. The van der Waals surface area contributed by atoms with Crippen LogP contribution in [0.15, 0.2) is 36.7 Å². The lowest BCUT2D eigenvalue weighted by Crippen LogP contribution is -1.94. The Morgan fingerprint density at radius 1 is 1.13 bits per heavy atom. The van der Waals surface area contributed by atoms with Crippen LogP contribution in [0.2, 0.25) is 0 Å². The Morgan fingerprint density at radius 2 is 1.80 bits per heavy atom. The molecule has 0 radical (unpaired) electrons. The van der Waals surface area contributed by atoms with Gasteiger partial charge in [0.2, 0.25) is 5.95 Å². The third-order valence-corrected chi connectivity index (χ3v) is 1.74. The molecule has 0 amide bonds. The SMILES string of the molecule is Nc1ncc(Oc2ccccc2O)cn1. The summed E-state index contributed by atoms with van der Waals surface area (Å²) in [4.78, 5) is 7.53. The van der Waals surface area contributed by atoms with Crippen LogP contribution in [0.3, 0.4) is 0 Å². The minimum absolute atomic E-state index is 0.0642. The normalized spacial score (nSPS) is 9.87. The highest BCUT2D eigenvalue weighted by Gasteiger charge is 2.02. The number of nitrogens with two attached hydrogens (primary N) is 1. The molecule has 0 aliphatic carbocycles. The maximum absolute atomic E-state index is 9.44. The number of hydrogen-bond donors (Lipinski definition) is 2. The molecule has 0 bridgehead atoms. The van der Waals surface area contributed by atoms with Crippen LogP contribution in [-0.4, -0.2) is 15.1 Å². The first-order chi connectivity index (χ1) is 7.25. The fourth-order valence-electron chi connectivity index (χ4n) is 1.05. The van der Waals surface area contributed by atoms with Gasteiger partial charge in [-0.1, -0.05) is 12.1 Å². The van der Waals surface area contributed by atoms with E-state index < -0.39 is 0 Å². The van der Waals surface area contributed by atoms with E-state index in [9.17, 15) is 5.11 Å². The van der Waals surface area contributed by atoms with Crippen molar-refractivity contribution in [1.29, 1.82) is 0 Å². The van der Waals surface area contributed by atoms with Crippen LogP contribution in [0.25, 0.3) is 0 Å². The summed E-state index contributed by atoms with van der Waals surface area (Å²) < 4.78 is 5.33. The fourth-order valence-corrected chi connectivity index (χ4v) is 1.05. The van der Waals surface area contributed by atoms with Crippen LogP contribution in [0, 0.1) is 0 Å². The molecule has 15 heavy (non-hydrogen) atoms. The summed E-state index contributed by atoms with van der Waals surface area (Å²) >= 11 is 0. The second kappa shape index (κ2) is 3.83. The number of benzene rings is 1. The van der Waals surface area contributed by atoms with Gasteiger partial charge in [0.05, 0.1) is 12.4 Å². The van der Waals surface area contributed by atoms with E-state index in [2.05, 4.69) is 9.97 Å². The van der Waals surface area contributed by atoms with Crippen molar-refractivity contribution in [3.63, 3.8) is 0 Å². The summed E-state index contributed by atoms with van der Waals surface area (Å²) in [5, 5.41) is 9.44. The molecule has 5 nitrogen and oxygen atoms in total. The van der Waals surface area contributed by atoms with E-state index in [1.165, 1.54) is 18.5 Å². The van der Waals surface area contributed by atoms with E-state index in [1.807, 2.05) is 0 Å². The second-order valence-electron chi connectivity index (χ2n) is 2.85. The molecule has 2 rings (SSSR count). The first-order valence-corrected chi connectivity index (χ1v) is 4.29. The van der Waals surface area contributed by atoms with Crippen LogP contribution < -0.4 is 10.5 Å². The van der Waals surface area contributed by atoms with Crippen LogP contribution in [0.1, 0.15) is 0 Å². The number of phenols is 1. The van der Waals surface area contributed by atoms with Crippen molar-refractivity contribution >= 4 is 5.95 Å². The maximum Gasteiger partial charge on any atom is 0.220 e. The van der Waals surface area contributed by atoms with Crippen LogP contribution in [-0.2, 0) is 0 Å². The summed E-state index contributed by atoms with van der Waals surface area (Å²) in [6.07, 6.45) is 2.88. The van der Waals surface area contributed by atoms with Crippen LogP contribution in [0.5, 0.6) is 17.2 Å². The molecule has 1 aromatic carbocycles. The number of anilines is 1. The van der Waals surface area contributed by atoms with Crippen molar-refractivity contribution < 1.29 is 9.84 Å². The van der Waals surface area contributed by atoms with Crippen molar-refractivity contribution in [3.8, 4) is 17.2 Å². The standard InChI is InChI=1S/C10H9N3O2/c11-10-12-5-7(6-13-10)15-9-4-2-1-3-8(9)14/h1-6,14H,(H2,11,12,13). The molecule has 0 saturated carbocycles. The number of hydrogen-bond acceptors (Lipinski definition) is 5. The largest absolute Gasteiger partial charge is 0.504 e. The summed E-state index contributed by atoms with van der Waals surface area (Å²) in [6, 6.07) is 6.65. The van der Waals surface area contributed by atoms with Gasteiger partial charge in [0, 0.05) is 0 Å². The number of rotatable bonds is 2. The zero-order chi connectivity index (χ0) is 10.7. The van der Waals surface area contributed by atoms with Gasteiger partial charge >= 0.3 is 0 Å². The molecule has 1 heterocycles. The number of nitrogen functional groups attached to an aromatic ring is 1. The van der Waals surface area contributed by atoms with Gasteiger partial charge in [-0.3, -0.25) is 0 Å². The smallest absolute Gasteiger partial charge is 0.220 e. The average molecular weight is 203 g/mol. The second-order valence-corrected chi connectivity index (χ2v) is 2.85. The van der Waals surface area contributed by atoms with Gasteiger partial charge in [-0.15, -0.1) is 0 Å². The predicted octanol–water partition coefficient (Wildman–Crippen LogP) is 1.56. The van der Waals surface area contributed by atoms with Crippen molar-refractivity contribution in [3.05, 3.63) is 36.7 Å². The van der Waals surface area contributed by atoms with Crippen molar-refractivity contribution in [1.82, 2.24) is 9.97 Å². The zero-order valence-corrected chi connectivity index (χ0v) is 7.79. The number of aromatic nitrogens is 2. The lowest BCUT2D eigenvalue weighted by molar-refractivity contribution is 0.409. The Morgan fingerprint density at radius 3 is 2.47 bits per heavy atom. The molecule has 1 aromatic heterocycles. The minimum Gasteiger partial charge on any atom is -0.504 e. The van der Waals surface area contributed by atoms with Crippen molar-refractivity contribution in [2.45, 2.75) is 0 Å². The number of ether oxygens (including phenoxy) is 1. The number of nitrogens with zero attached hydrogens (tertiary/aromatic N) is 2. The molecule has 2 aromatic rings. The lowest BCUT2D eigenvalue weighted by Gasteiger charge is -2.05.